The van der Waals surface area contributed by atoms with Crippen LogP contribution in [0.3, 0.4) is 0 Å². The van der Waals surface area contributed by atoms with Gasteiger partial charge in [0.25, 0.3) is 0 Å². The summed E-state index contributed by atoms with van der Waals surface area (Å²) in [6.45, 7) is 3.03. The number of nitrogens with one attached hydrogen (secondary N) is 1. The van der Waals surface area contributed by atoms with Crippen LogP contribution in [0.25, 0.3) is 0 Å². The number of methoxy groups -OCH3 is 1. The summed E-state index contributed by atoms with van der Waals surface area (Å²) in [7, 11) is 1.57. The van der Waals surface area contributed by atoms with Crippen LogP contribution in [0.15, 0.2) is 18.3 Å². The number of nitrogens with two attached hydrogens (primary N) is 1. The Morgan fingerprint density at radius 1 is 1.61 bits per heavy atom. The molecule has 1 amide bonds. The van der Waals surface area contributed by atoms with Crippen LogP contribution in [-0.4, -0.2) is 24.5 Å². The standard InChI is InChI=1S/C13H21N3O2/c1-10(4-3-6-14)13(17)16-9-11-5-7-15-12(8-11)18-2/h5,7-8,10H,3-4,6,9,14H2,1-2H3,(H,16,17). The lowest BCUT2D eigenvalue weighted by atomic mass is 10.0. The average Bonchev–Trinajstić information content (AvgIpc) is 2.42. The molecule has 0 bridgehead atoms. The second kappa shape index (κ2) is 7.66. The summed E-state index contributed by atoms with van der Waals surface area (Å²) in [5, 5.41) is 2.90. The smallest absolute Gasteiger partial charge is 0.223 e. The third kappa shape index (κ3) is 4.71. The Morgan fingerprint density at radius 2 is 2.39 bits per heavy atom. The van der Waals surface area contributed by atoms with Crippen molar-refractivity contribution in [1.29, 1.82) is 0 Å². The predicted octanol–water partition coefficient (Wildman–Crippen LogP) is 1.08. The molecule has 0 spiro atoms. The third-order valence-electron chi connectivity index (χ3n) is 2.76. The molecule has 5 heteroatoms. The molecule has 18 heavy (non-hydrogen) atoms. The van der Waals surface area contributed by atoms with Gasteiger partial charge in [-0.1, -0.05) is 6.92 Å². The van der Waals surface area contributed by atoms with Gasteiger partial charge in [0.1, 0.15) is 0 Å². The molecule has 0 radical (unpaired) electrons. The van der Waals surface area contributed by atoms with E-state index in [-0.39, 0.29) is 11.8 Å². The van der Waals surface area contributed by atoms with Crippen molar-refractivity contribution in [1.82, 2.24) is 10.3 Å². The van der Waals surface area contributed by atoms with Gasteiger partial charge < -0.3 is 15.8 Å². The minimum absolute atomic E-state index is 0.00252. The molecule has 0 aliphatic rings. The van der Waals surface area contributed by atoms with Gasteiger partial charge in [0.2, 0.25) is 11.8 Å². The number of pyridine rings is 1. The normalized spacial score (nSPS) is 11.9. The topological polar surface area (TPSA) is 77.2 Å². The number of aromatic nitrogens is 1. The summed E-state index contributed by atoms with van der Waals surface area (Å²) in [4.78, 5) is 15.8. The van der Waals surface area contributed by atoms with Crippen molar-refractivity contribution >= 4 is 5.91 Å². The number of carbonyl (C=O) groups is 1. The van der Waals surface area contributed by atoms with Gasteiger partial charge in [0.15, 0.2) is 0 Å². The highest BCUT2D eigenvalue weighted by atomic mass is 16.5. The SMILES string of the molecule is COc1cc(CNC(=O)C(C)CCCN)ccn1. The van der Waals surface area contributed by atoms with Crippen LogP contribution in [-0.2, 0) is 11.3 Å². The van der Waals surface area contributed by atoms with Gasteiger partial charge in [-0.15, -0.1) is 0 Å². The van der Waals surface area contributed by atoms with E-state index in [1.807, 2.05) is 19.1 Å². The Kier molecular flexibility index (Phi) is 6.14. The Hall–Kier alpha value is -1.62. The molecule has 0 saturated heterocycles. The van der Waals surface area contributed by atoms with Crippen LogP contribution >= 0.6 is 0 Å². The minimum atomic E-state index is -0.00252. The summed E-state index contributed by atoms with van der Waals surface area (Å²) < 4.78 is 5.02. The van der Waals surface area contributed by atoms with Crippen LogP contribution in [0.5, 0.6) is 5.88 Å². The van der Waals surface area contributed by atoms with Crippen molar-refractivity contribution in [3.8, 4) is 5.88 Å². The van der Waals surface area contributed by atoms with E-state index in [4.69, 9.17) is 10.5 Å². The Bertz CT molecular complexity index is 382. The van der Waals surface area contributed by atoms with Crippen molar-refractivity contribution in [2.75, 3.05) is 13.7 Å². The van der Waals surface area contributed by atoms with E-state index in [1.54, 1.807) is 13.3 Å². The van der Waals surface area contributed by atoms with Gasteiger partial charge in [-0.3, -0.25) is 4.79 Å². The lowest BCUT2D eigenvalue weighted by Crippen LogP contribution is -2.29. The summed E-state index contributed by atoms with van der Waals surface area (Å²) in [5.41, 5.74) is 6.39. The third-order valence-corrected chi connectivity index (χ3v) is 2.76. The van der Waals surface area contributed by atoms with E-state index in [9.17, 15) is 4.79 Å². The van der Waals surface area contributed by atoms with Crippen LogP contribution in [0.4, 0.5) is 0 Å². The van der Waals surface area contributed by atoms with E-state index in [1.165, 1.54) is 0 Å². The molecule has 100 valence electrons. The molecule has 1 heterocycles. The predicted molar refractivity (Wildman–Crippen MR) is 70.1 cm³/mol. The number of amides is 1. The first-order valence-electron chi connectivity index (χ1n) is 6.14. The molecular weight excluding hydrogens is 230 g/mol. The Morgan fingerprint density at radius 3 is 3.06 bits per heavy atom. The number of rotatable bonds is 7. The first kappa shape index (κ1) is 14.4. The first-order valence-corrected chi connectivity index (χ1v) is 6.14. The van der Waals surface area contributed by atoms with Crippen LogP contribution in [0, 0.1) is 5.92 Å². The monoisotopic (exact) mass is 251 g/mol. The van der Waals surface area contributed by atoms with E-state index in [0.717, 1.165) is 18.4 Å². The lowest BCUT2D eigenvalue weighted by Gasteiger charge is -2.11. The fourth-order valence-corrected chi connectivity index (χ4v) is 1.59. The van der Waals surface area contributed by atoms with Gasteiger partial charge in [-0.25, -0.2) is 4.98 Å². The van der Waals surface area contributed by atoms with Crippen molar-refractivity contribution in [2.45, 2.75) is 26.3 Å². The number of hydrogen-bond donors (Lipinski definition) is 2. The van der Waals surface area contributed by atoms with Gasteiger partial charge in [-0.2, -0.15) is 0 Å². The van der Waals surface area contributed by atoms with Crippen molar-refractivity contribution in [3.63, 3.8) is 0 Å². The van der Waals surface area contributed by atoms with Crippen LogP contribution in [0.2, 0.25) is 0 Å². The van der Waals surface area contributed by atoms with Crippen molar-refractivity contribution < 1.29 is 9.53 Å². The molecule has 0 aromatic carbocycles. The van der Waals surface area contributed by atoms with Crippen LogP contribution in [0.1, 0.15) is 25.3 Å². The highest BCUT2D eigenvalue weighted by molar-refractivity contribution is 5.78. The Labute approximate surface area is 108 Å². The molecule has 1 aromatic heterocycles. The van der Waals surface area contributed by atoms with Crippen LogP contribution < -0.4 is 15.8 Å². The quantitative estimate of drug-likeness (QED) is 0.760. The highest BCUT2D eigenvalue weighted by Gasteiger charge is 2.11. The molecule has 1 rings (SSSR count). The summed E-state index contributed by atoms with van der Waals surface area (Å²) in [6.07, 6.45) is 3.36. The van der Waals surface area contributed by atoms with E-state index >= 15 is 0 Å². The Balaban J connectivity index is 2.41. The maximum Gasteiger partial charge on any atom is 0.223 e. The molecule has 1 atom stereocenters. The summed E-state index contributed by atoms with van der Waals surface area (Å²) >= 11 is 0. The second-order valence-electron chi connectivity index (χ2n) is 4.26. The maximum absolute atomic E-state index is 11.8. The van der Waals surface area contributed by atoms with Gasteiger partial charge >= 0.3 is 0 Å². The van der Waals surface area contributed by atoms with E-state index in [0.29, 0.717) is 19.0 Å². The molecular formula is C13H21N3O2. The lowest BCUT2D eigenvalue weighted by molar-refractivity contribution is -0.124. The maximum atomic E-state index is 11.8. The zero-order valence-corrected chi connectivity index (χ0v) is 11.0. The number of carbonyl (C=O) groups excluding carboxylic acids is 1. The molecule has 5 nitrogen and oxygen atoms in total. The largest absolute Gasteiger partial charge is 0.481 e. The van der Waals surface area contributed by atoms with E-state index in [2.05, 4.69) is 10.3 Å². The minimum Gasteiger partial charge on any atom is -0.481 e. The van der Waals surface area contributed by atoms with Gasteiger partial charge in [-0.05, 0) is 31.0 Å². The molecule has 0 aliphatic heterocycles. The highest BCUT2D eigenvalue weighted by Crippen LogP contribution is 2.09. The first-order chi connectivity index (χ1) is 8.67. The molecule has 0 aliphatic carbocycles. The molecule has 0 saturated carbocycles. The fraction of sp³-hybridized carbons (Fsp3) is 0.538. The summed E-state index contributed by atoms with van der Waals surface area (Å²) in [6, 6.07) is 3.66. The number of ether oxygens (including phenoxy) is 1. The molecule has 1 aromatic rings. The molecule has 0 fully saturated rings. The second-order valence-corrected chi connectivity index (χ2v) is 4.26. The van der Waals surface area contributed by atoms with Crippen molar-refractivity contribution in [2.24, 2.45) is 11.7 Å². The fourth-order valence-electron chi connectivity index (χ4n) is 1.59. The molecule has 1 unspecified atom stereocenters. The van der Waals surface area contributed by atoms with Crippen molar-refractivity contribution in [3.05, 3.63) is 23.9 Å². The zero-order chi connectivity index (χ0) is 13.4. The number of hydrogen-bond acceptors (Lipinski definition) is 4. The van der Waals surface area contributed by atoms with E-state index < -0.39 is 0 Å². The van der Waals surface area contributed by atoms with Gasteiger partial charge in [0, 0.05) is 24.7 Å². The molecule has 3 N–H and O–H groups in total. The number of nitrogens with zero attached hydrogens (tertiary/aromatic N) is 1. The van der Waals surface area contributed by atoms with Gasteiger partial charge in [0.05, 0.1) is 7.11 Å². The zero-order valence-electron chi connectivity index (χ0n) is 11.0. The summed E-state index contributed by atoms with van der Waals surface area (Å²) in [5.74, 6) is 0.606. The average molecular weight is 251 g/mol.